The summed E-state index contributed by atoms with van der Waals surface area (Å²) in [6.45, 7) is 0. The molecule has 0 aliphatic heterocycles. The molecule has 2 heterocycles. The normalized spacial score (nSPS) is 11.3. The molecule has 2 aromatic carbocycles. The number of anilines is 2. The number of aromatic nitrogens is 2. The van der Waals surface area contributed by atoms with E-state index >= 15 is 0 Å². The minimum absolute atomic E-state index is 0.0954. The molecule has 0 aliphatic carbocycles. The van der Waals surface area contributed by atoms with Gasteiger partial charge in [0.2, 0.25) is 0 Å². The van der Waals surface area contributed by atoms with Crippen molar-refractivity contribution in [2.75, 3.05) is 10.6 Å². The summed E-state index contributed by atoms with van der Waals surface area (Å²) in [4.78, 5) is 32.8. The van der Waals surface area contributed by atoms with Crippen LogP contribution >= 0.6 is 0 Å². The van der Waals surface area contributed by atoms with Crippen molar-refractivity contribution >= 4 is 34.2 Å². The van der Waals surface area contributed by atoms with Crippen LogP contribution in [0.1, 0.15) is 26.4 Å². The van der Waals surface area contributed by atoms with Gasteiger partial charge in [-0.15, -0.1) is 0 Å². The third-order valence-electron chi connectivity index (χ3n) is 4.30. The lowest BCUT2D eigenvalue weighted by Crippen LogP contribution is -2.19. The number of carbonyl (C=O) groups excluding carboxylic acids is 2. The van der Waals surface area contributed by atoms with Gasteiger partial charge >= 0.3 is 6.18 Å². The monoisotopic (exact) mass is 426 g/mol. The van der Waals surface area contributed by atoms with Crippen LogP contribution in [0.25, 0.3) is 11.0 Å². The summed E-state index contributed by atoms with van der Waals surface area (Å²) in [6.07, 6.45) is -1.16. The molecule has 2 aromatic heterocycles. The largest absolute Gasteiger partial charge is 0.472 e. The lowest BCUT2D eigenvalue weighted by molar-refractivity contribution is -0.136. The van der Waals surface area contributed by atoms with Gasteiger partial charge in [0.25, 0.3) is 11.8 Å². The highest BCUT2D eigenvalue weighted by molar-refractivity contribution is 6.05. The van der Waals surface area contributed by atoms with E-state index in [1.807, 2.05) is 0 Å². The van der Waals surface area contributed by atoms with Crippen molar-refractivity contribution in [2.45, 2.75) is 6.18 Å². The average molecular weight is 426 g/mol. The van der Waals surface area contributed by atoms with Crippen LogP contribution in [0.2, 0.25) is 0 Å². The standard InChI is InChI=1S/C21H13F3N4O3/c22-21(23,24)14-9-13(26-19(29)12-7-8-31-11-12)5-6-15(14)28-20(30)18-10-25-16-3-1-2-4-17(16)27-18/h1-11H,(H,26,29)(H,28,30). The van der Waals surface area contributed by atoms with Gasteiger partial charge in [-0.1, -0.05) is 12.1 Å². The Hall–Kier alpha value is -4.21. The van der Waals surface area contributed by atoms with E-state index in [0.717, 1.165) is 12.1 Å². The maximum absolute atomic E-state index is 13.6. The zero-order valence-electron chi connectivity index (χ0n) is 15.6. The lowest BCUT2D eigenvalue weighted by Gasteiger charge is -2.15. The second-order valence-corrected chi connectivity index (χ2v) is 6.42. The van der Waals surface area contributed by atoms with E-state index in [1.165, 1.54) is 30.9 Å². The van der Waals surface area contributed by atoms with Crippen molar-refractivity contribution in [3.63, 3.8) is 0 Å². The van der Waals surface area contributed by atoms with Crippen molar-refractivity contribution < 1.29 is 27.2 Å². The van der Waals surface area contributed by atoms with Crippen LogP contribution in [-0.2, 0) is 6.18 Å². The first-order chi connectivity index (χ1) is 14.8. The van der Waals surface area contributed by atoms with Gasteiger partial charge in [-0.3, -0.25) is 14.6 Å². The molecule has 0 saturated carbocycles. The lowest BCUT2D eigenvalue weighted by atomic mass is 10.1. The summed E-state index contributed by atoms with van der Waals surface area (Å²) in [5, 5.41) is 4.57. The smallest absolute Gasteiger partial charge is 0.418 e. The van der Waals surface area contributed by atoms with Crippen molar-refractivity contribution in [1.82, 2.24) is 9.97 Å². The molecule has 0 unspecified atom stereocenters. The number of benzene rings is 2. The van der Waals surface area contributed by atoms with Gasteiger partial charge in [0.1, 0.15) is 12.0 Å². The van der Waals surface area contributed by atoms with Crippen LogP contribution in [0.4, 0.5) is 24.5 Å². The van der Waals surface area contributed by atoms with Crippen molar-refractivity contribution in [3.05, 3.63) is 84.1 Å². The molecule has 7 nitrogen and oxygen atoms in total. The topological polar surface area (TPSA) is 97.1 Å². The first-order valence-electron chi connectivity index (χ1n) is 8.89. The Labute approximate surface area is 172 Å². The summed E-state index contributed by atoms with van der Waals surface area (Å²) in [6, 6.07) is 11.2. The quantitative estimate of drug-likeness (QED) is 0.491. The van der Waals surface area contributed by atoms with Crippen LogP contribution in [0.5, 0.6) is 0 Å². The zero-order valence-corrected chi connectivity index (χ0v) is 15.6. The first kappa shape index (κ1) is 20.1. The molecule has 4 rings (SSSR count). The van der Waals surface area contributed by atoms with Crippen LogP contribution in [0.3, 0.4) is 0 Å². The molecule has 0 fully saturated rings. The zero-order chi connectivity index (χ0) is 22.0. The Morgan fingerprint density at radius 2 is 1.71 bits per heavy atom. The van der Waals surface area contributed by atoms with Crippen molar-refractivity contribution in [3.8, 4) is 0 Å². The number of hydrogen-bond donors (Lipinski definition) is 2. The molecule has 0 spiro atoms. The second-order valence-electron chi connectivity index (χ2n) is 6.42. The minimum Gasteiger partial charge on any atom is -0.472 e. The molecule has 4 aromatic rings. The molecule has 0 radical (unpaired) electrons. The van der Waals surface area contributed by atoms with Crippen molar-refractivity contribution in [2.24, 2.45) is 0 Å². The van der Waals surface area contributed by atoms with Gasteiger partial charge in [-0.25, -0.2) is 4.98 Å². The number of furan rings is 1. The van der Waals surface area contributed by atoms with Crippen LogP contribution in [0, 0.1) is 0 Å². The molecule has 156 valence electrons. The Balaban J connectivity index is 1.60. The van der Waals surface area contributed by atoms with Gasteiger partial charge in [0, 0.05) is 5.69 Å². The van der Waals surface area contributed by atoms with E-state index in [2.05, 4.69) is 20.6 Å². The Morgan fingerprint density at radius 1 is 0.935 bits per heavy atom. The SMILES string of the molecule is O=C(Nc1ccc(NC(=O)c2cnc3ccccc3n2)c(C(F)(F)F)c1)c1ccoc1. The highest BCUT2D eigenvalue weighted by Crippen LogP contribution is 2.37. The van der Waals surface area contributed by atoms with E-state index in [9.17, 15) is 22.8 Å². The maximum Gasteiger partial charge on any atom is 0.418 e. The third-order valence-corrected chi connectivity index (χ3v) is 4.30. The Bertz CT molecular complexity index is 1270. The molecular weight excluding hydrogens is 413 g/mol. The fraction of sp³-hybridized carbons (Fsp3) is 0.0476. The molecule has 2 N–H and O–H groups in total. The van der Waals surface area contributed by atoms with Crippen LogP contribution in [0.15, 0.2) is 71.7 Å². The molecular formula is C21H13F3N4O3. The minimum atomic E-state index is -4.78. The number of nitrogens with zero attached hydrogens (tertiary/aromatic N) is 2. The van der Waals surface area contributed by atoms with E-state index in [1.54, 1.807) is 24.3 Å². The first-order valence-corrected chi connectivity index (χ1v) is 8.89. The number of para-hydroxylation sites is 2. The number of fused-ring (bicyclic) bond motifs is 1. The molecule has 31 heavy (non-hydrogen) atoms. The molecule has 0 saturated heterocycles. The summed E-state index contributed by atoms with van der Waals surface area (Å²) in [5.74, 6) is -1.48. The van der Waals surface area contributed by atoms with Gasteiger partial charge in [0.05, 0.1) is 40.3 Å². The molecule has 0 atom stereocenters. The van der Waals surface area contributed by atoms with E-state index in [-0.39, 0.29) is 16.9 Å². The fourth-order valence-corrected chi connectivity index (χ4v) is 2.82. The Kier molecular flexibility index (Phi) is 5.12. The van der Waals surface area contributed by atoms with E-state index in [4.69, 9.17) is 4.42 Å². The molecule has 10 heteroatoms. The molecule has 0 aliphatic rings. The summed E-state index contributed by atoms with van der Waals surface area (Å²) >= 11 is 0. The molecule has 0 bridgehead atoms. The van der Waals surface area contributed by atoms with Crippen molar-refractivity contribution in [1.29, 1.82) is 0 Å². The number of hydrogen-bond acceptors (Lipinski definition) is 5. The van der Waals surface area contributed by atoms with Crippen LogP contribution < -0.4 is 10.6 Å². The second kappa shape index (κ2) is 7.90. The van der Waals surface area contributed by atoms with Gasteiger partial charge in [-0.2, -0.15) is 13.2 Å². The summed E-state index contributed by atoms with van der Waals surface area (Å²) in [7, 11) is 0. The number of alkyl halides is 3. The number of rotatable bonds is 4. The average Bonchev–Trinajstić information content (AvgIpc) is 3.29. The Morgan fingerprint density at radius 3 is 2.42 bits per heavy atom. The third kappa shape index (κ3) is 4.37. The van der Waals surface area contributed by atoms with E-state index < -0.39 is 29.2 Å². The highest BCUT2D eigenvalue weighted by Gasteiger charge is 2.34. The number of halogens is 3. The summed E-state index contributed by atoms with van der Waals surface area (Å²) < 4.78 is 45.6. The number of nitrogens with one attached hydrogen (secondary N) is 2. The van der Waals surface area contributed by atoms with E-state index in [0.29, 0.717) is 11.0 Å². The number of amides is 2. The van der Waals surface area contributed by atoms with Crippen LogP contribution in [-0.4, -0.2) is 21.8 Å². The number of carbonyl (C=O) groups is 2. The highest BCUT2D eigenvalue weighted by atomic mass is 19.4. The van der Waals surface area contributed by atoms with Gasteiger partial charge < -0.3 is 15.1 Å². The predicted octanol–water partition coefficient (Wildman–Crippen LogP) is 4.75. The molecule has 2 amide bonds. The fourth-order valence-electron chi connectivity index (χ4n) is 2.82. The van der Waals surface area contributed by atoms with Gasteiger partial charge in [-0.05, 0) is 36.4 Å². The van der Waals surface area contributed by atoms with Gasteiger partial charge in [0.15, 0.2) is 0 Å². The predicted molar refractivity (Wildman–Crippen MR) is 106 cm³/mol. The summed E-state index contributed by atoms with van der Waals surface area (Å²) in [5.41, 5.74) is -0.698. The maximum atomic E-state index is 13.6.